The lowest BCUT2D eigenvalue weighted by Gasteiger charge is -2.27. The van der Waals surface area contributed by atoms with E-state index in [-0.39, 0.29) is 17.3 Å². The van der Waals surface area contributed by atoms with Crippen LogP contribution in [0.25, 0.3) is 21.8 Å². The Morgan fingerprint density at radius 2 is 1.83 bits per heavy atom. The molecule has 0 spiro atoms. The van der Waals surface area contributed by atoms with Crippen molar-refractivity contribution in [3.8, 4) is 10.8 Å². The average molecular weight is 680 g/mol. The number of Topliss-reactive ketones (excluding diaryl/α,β-unsaturated/α-hetero) is 1. The molecule has 5 aromatic rings. The number of hydrogen-bond acceptors (Lipinski definition) is 8. The largest absolute Gasteiger partial charge is 0.496 e. The Balaban J connectivity index is 1.43. The van der Waals surface area contributed by atoms with Crippen LogP contribution in [-0.2, 0) is 22.4 Å². The molecule has 1 aliphatic carbocycles. The molecule has 7 rings (SSSR count). The quantitative estimate of drug-likeness (QED) is 0.183. The Morgan fingerprint density at radius 3 is 2.58 bits per heavy atom. The van der Waals surface area contributed by atoms with Gasteiger partial charge in [-0.05, 0) is 100 Å². The fraction of sp³-hybridized carbons (Fsp3) is 0.316. The lowest BCUT2D eigenvalue weighted by molar-refractivity contribution is -0.114. The van der Waals surface area contributed by atoms with Gasteiger partial charge < -0.3 is 14.0 Å². The number of aryl methyl sites for hydroxylation is 2. The number of thiazole rings is 1. The monoisotopic (exact) mass is 679 g/mol. The SMILES string of the molecule is CCOC(=O)c1c(-n2c(C)cc(/C=c3\sc4n(c3=O)[C@H](c3c(OC)ccc5ccccc35)C(C(C)=O)=C(C)N=4)c2C)sc2c1CCCC2. The van der Waals surface area contributed by atoms with Gasteiger partial charge in [-0.1, -0.05) is 41.7 Å². The van der Waals surface area contributed by atoms with Crippen LogP contribution in [0.15, 0.2) is 63.5 Å². The molecule has 0 fully saturated rings. The summed E-state index contributed by atoms with van der Waals surface area (Å²) in [6, 6.07) is 13.1. The van der Waals surface area contributed by atoms with Crippen molar-refractivity contribution in [3.05, 3.63) is 112 Å². The van der Waals surface area contributed by atoms with E-state index in [1.54, 1.807) is 23.0 Å². The summed E-state index contributed by atoms with van der Waals surface area (Å²) in [5, 5.41) is 2.77. The highest BCUT2D eigenvalue weighted by Crippen LogP contribution is 2.41. The van der Waals surface area contributed by atoms with Crippen molar-refractivity contribution in [1.29, 1.82) is 0 Å². The molecule has 1 aliphatic heterocycles. The molecule has 4 heterocycles. The molecule has 8 nitrogen and oxygen atoms in total. The smallest absolute Gasteiger partial charge is 0.341 e. The highest BCUT2D eigenvalue weighted by atomic mass is 32.1. The molecule has 0 amide bonds. The minimum absolute atomic E-state index is 0.148. The Bertz CT molecular complexity index is 2370. The number of benzene rings is 2. The first kappa shape index (κ1) is 32.0. The van der Waals surface area contributed by atoms with E-state index in [0.717, 1.165) is 69.5 Å². The number of thiophene rings is 1. The number of hydrogen-bond donors (Lipinski definition) is 0. The zero-order valence-corrected chi connectivity index (χ0v) is 29.6. The Morgan fingerprint density at radius 1 is 1.06 bits per heavy atom. The number of methoxy groups -OCH3 is 1. The van der Waals surface area contributed by atoms with E-state index in [2.05, 4.69) is 10.6 Å². The van der Waals surface area contributed by atoms with Crippen LogP contribution in [0.3, 0.4) is 0 Å². The number of nitrogens with zero attached hydrogens (tertiary/aromatic N) is 3. The predicted octanol–water partition coefficient (Wildman–Crippen LogP) is 6.51. The maximum Gasteiger partial charge on any atom is 0.341 e. The Kier molecular flexibility index (Phi) is 8.33. The Labute approximate surface area is 286 Å². The van der Waals surface area contributed by atoms with Crippen LogP contribution in [0, 0.1) is 13.8 Å². The fourth-order valence-electron chi connectivity index (χ4n) is 7.29. The maximum absolute atomic E-state index is 14.5. The minimum atomic E-state index is -0.709. The second kappa shape index (κ2) is 12.5. The third-order valence-corrected chi connectivity index (χ3v) is 11.7. The summed E-state index contributed by atoms with van der Waals surface area (Å²) >= 11 is 2.98. The van der Waals surface area contributed by atoms with E-state index in [0.29, 0.717) is 38.5 Å². The molecule has 48 heavy (non-hydrogen) atoms. The van der Waals surface area contributed by atoms with Crippen molar-refractivity contribution in [2.24, 2.45) is 4.99 Å². The van der Waals surface area contributed by atoms with Gasteiger partial charge in [-0.2, -0.15) is 0 Å². The molecule has 0 bridgehead atoms. The van der Waals surface area contributed by atoms with Gasteiger partial charge in [0.1, 0.15) is 10.8 Å². The number of fused-ring (bicyclic) bond motifs is 3. The standard InChI is InChI=1S/C38H37N3O5S2/c1-7-46-37(44)33-27-14-10-11-15-29(27)47-36(33)40-20(2)18-25(22(40)4)19-30-35(43)41-34(31(23(5)42)21(3)39-38(41)48-30)32-26-13-9-8-12-24(26)16-17-28(32)45-6/h8-9,12-13,16-19,34H,7,10-11,14-15H2,1-6H3/b30-19-/t34-/m0/s1. The fourth-order valence-corrected chi connectivity index (χ4v) is 9.81. The first-order valence-corrected chi connectivity index (χ1v) is 17.9. The van der Waals surface area contributed by atoms with Crippen molar-refractivity contribution in [2.45, 2.75) is 66.3 Å². The summed E-state index contributed by atoms with van der Waals surface area (Å²) < 4.78 is 15.7. The van der Waals surface area contributed by atoms with Crippen LogP contribution in [0.4, 0.5) is 0 Å². The molecule has 3 aromatic heterocycles. The molecular formula is C38H37N3O5S2. The number of ketones is 1. The van der Waals surface area contributed by atoms with E-state index in [9.17, 15) is 14.4 Å². The minimum Gasteiger partial charge on any atom is -0.496 e. The summed E-state index contributed by atoms with van der Waals surface area (Å²) in [4.78, 5) is 47.6. The van der Waals surface area contributed by atoms with Crippen LogP contribution >= 0.6 is 22.7 Å². The van der Waals surface area contributed by atoms with Gasteiger partial charge in [-0.3, -0.25) is 14.2 Å². The summed E-state index contributed by atoms with van der Waals surface area (Å²) in [5.74, 6) is 0.168. The van der Waals surface area contributed by atoms with Crippen LogP contribution in [0.2, 0.25) is 0 Å². The zero-order chi connectivity index (χ0) is 33.9. The van der Waals surface area contributed by atoms with Gasteiger partial charge in [-0.15, -0.1) is 11.3 Å². The molecule has 10 heteroatoms. The number of allylic oxidation sites excluding steroid dienone is 2. The van der Waals surface area contributed by atoms with Crippen molar-refractivity contribution in [2.75, 3.05) is 13.7 Å². The van der Waals surface area contributed by atoms with Gasteiger partial charge in [0.05, 0.1) is 29.9 Å². The highest BCUT2D eigenvalue weighted by molar-refractivity contribution is 7.15. The van der Waals surface area contributed by atoms with Crippen LogP contribution in [-0.4, -0.2) is 34.6 Å². The third kappa shape index (κ3) is 5.09. The third-order valence-electron chi connectivity index (χ3n) is 9.42. The van der Waals surface area contributed by atoms with Crippen molar-refractivity contribution in [1.82, 2.24) is 9.13 Å². The number of aromatic nitrogens is 2. The molecule has 246 valence electrons. The molecule has 0 unspecified atom stereocenters. The average Bonchev–Trinajstić information content (AvgIpc) is 3.69. The van der Waals surface area contributed by atoms with E-state index < -0.39 is 6.04 Å². The second-order valence-corrected chi connectivity index (χ2v) is 14.4. The number of ether oxygens (including phenoxy) is 2. The number of esters is 1. The molecule has 0 saturated carbocycles. The maximum atomic E-state index is 14.5. The van der Waals surface area contributed by atoms with Gasteiger partial charge in [-0.25, -0.2) is 9.79 Å². The van der Waals surface area contributed by atoms with Gasteiger partial charge >= 0.3 is 5.97 Å². The van der Waals surface area contributed by atoms with Crippen LogP contribution in [0.1, 0.15) is 83.0 Å². The molecule has 2 aliphatic rings. The predicted molar refractivity (Wildman–Crippen MR) is 191 cm³/mol. The topological polar surface area (TPSA) is 91.9 Å². The van der Waals surface area contributed by atoms with Crippen molar-refractivity contribution < 1.29 is 19.1 Å². The van der Waals surface area contributed by atoms with Crippen molar-refractivity contribution >= 4 is 51.3 Å². The first-order valence-electron chi connectivity index (χ1n) is 16.2. The normalized spacial score (nSPS) is 16.1. The lowest BCUT2D eigenvalue weighted by Crippen LogP contribution is -2.39. The van der Waals surface area contributed by atoms with Gasteiger partial charge in [0.15, 0.2) is 10.6 Å². The lowest BCUT2D eigenvalue weighted by atomic mass is 9.89. The van der Waals surface area contributed by atoms with Crippen LogP contribution < -0.4 is 19.6 Å². The molecule has 2 aromatic carbocycles. The molecular weight excluding hydrogens is 643 g/mol. The van der Waals surface area contributed by atoms with E-state index in [4.69, 9.17) is 14.5 Å². The van der Waals surface area contributed by atoms with Gasteiger partial charge in [0.2, 0.25) is 0 Å². The molecule has 0 saturated heterocycles. The summed E-state index contributed by atoms with van der Waals surface area (Å²) in [6.07, 6.45) is 5.91. The number of rotatable bonds is 7. The van der Waals surface area contributed by atoms with E-state index >= 15 is 0 Å². The van der Waals surface area contributed by atoms with Gasteiger partial charge in [0.25, 0.3) is 5.56 Å². The summed E-state index contributed by atoms with van der Waals surface area (Å²) in [7, 11) is 1.61. The first-order chi connectivity index (χ1) is 23.1. The van der Waals surface area contributed by atoms with Gasteiger partial charge in [0, 0.05) is 33.1 Å². The molecule has 1 atom stereocenters. The molecule has 0 radical (unpaired) electrons. The number of carbonyl (C=O) groups excluding carboxylic acids is 2. The summed E-state index contributed by atoms with van der Waals surface area (Å²) in [5.41, 5.74) is 6.13. The van der Waals surface area contributed by atoms with Crippen LogP contribution in [0.5, 0.6) is 5.75 Å². The highest BCUT2D eigenvalue weighted by Gasteiger charge is 2.34. The second-order valence-electron chi connectivity index (χ2n) is 12.3. The summed E-state index contributed by atoms with van der Waals surface area (Å²) in [6.45, 7) is 9.54. The molecule has 0 N–H and O–H groups in total. The van der Waals surface area contributed by atoms with Crippen molar-refractivity contribution in [3.63, 3.8) is 0 Å². The number of carbonyl (C=O) groups is 2. The van der Waals surface area contributed by atoms with E-state index in [1.165, 1.54) is 23.1 Å². The Hall–Kier alpha value is -4.54. The zero-order valence-electron chi connectivity index (χ0n) is 27.9. The van der Waals surface area contributed by atoms with E-state index in [1.807, 2.05) is 70.2 Å².